The summed E-state index contributed by atoms with van der Waals surface area (Å²) in [6.45, 7) is 4.27. The summed E-state index contributed by atoms with van der Waals surface area (Å²) < 4.78 is 5.61. The maximum absolute atomic E-state index is 12.1. The molecule has 0 N–H and O–H groups in total. The number of hydrogen-bond donors (Lipinski definition) is 0. The number of Topliss-reactive ketones (excluding diaryl/α,β-unsaturated/α-hetero) is 1. The molecule has 5 heteroatoms. The van der Waals surface area contributed by atoms with E-state index < -0.39 is 6.10 Å². The van der Waals surface area contributed by atoms with E-state index >= 15 is 0 Å². The number of aromatic nitrogens is 1. The number of aryl methyl sites for hydroxylation is 1. The van der Waals surface area contributed by atoms with Crippen molar-refractivity contribution in [3.05, 3.63) is 50.9 Å². The highest BCUT2D eigenvalue weighted by Crippen LogP contribution is 2.15. The van der Waals surface area contributed by atoms with Crippen molar-refractivity contribution in [2.75, 3.05) is 6.61 Å². The van der Waals surface area contributed by atoms with Gasteiger partial charge in [0, 0.05) is 21.9 Å². The first-order chi connectivity index (χ1) is 9.58. The van der Waals surface area contributed by atoms with E-state index in [9.17, 15) is 4.79 Å². The molecule has 0 radical (unpaired) electrons. The summed E-state index contributed by atoms with van der Waals surface area (Å²) in [7, 11) is 0. The Morgan fingerprint density at radius 3 is 2.70 bits per heavy atom. The van der Waals surface area contributed by atoms with Gasteiger partial charge in [0.2, 0.25) is 0 Å². The van der Waals surface area contributed by atoms with Crippen LogP contribution in [0, 0.1) is 6.92 Å². The largest absolute Gasteiger partial charge is 0.370 e. The van der Waals surface area contributed by atoms with Crippen molar-refractivity contribution in [2.24, 2.45) is 0 Å². The highest BCUT2D eigenvalue weighted by Gasteiger charge is 2.15. The highest BCUT2D eigenvalue weighted by molar-refractivity contribution is 7.09. The zero-order chi connectivity index (χ0) is 14.5. The maximum atomic E-state index is 12.1. The molecule has 0 aliphatic carbocycles. The van der Waals surface area contributed by atoms with Gasteiger partial charge in [0.05, 0.1) is 17.8 Å². The molecule has 0 bridgehead atoms. The van der Waals surface area contributed by atoms with E-state index in [1.54, 1.807) is 42.5 Å². The van der Waals surface area contributed by atoms with Crippen LogP contribution in [0.25, 0.3) is 0 Å². The summed E-state index contributed by atoms with van der Waals surface area (Å²) in [5.41, 5.74) is 3.48. The zero-order valence-corrected chi connectivity index (χ0v) is 13.0. The van der Waals surface area contributed by atoms with Crippen LogP contribution in [-0.2, 0) is 11.2 Å². The summed E-state index contributed by atoms with van der Waals surface area (Å²) in [4.78, 5) is 17.5. The molecule has 0 saturated carbocycles. The quantitative estimate of drug-likeness (QED) is 0.759. The van der Waals surface area contributed by atoms with Gasteiger partial charge < -0.3 is 4.74 Å². The topological polar surface area (TPSA) is 39.2 Å². The van der Waals surface area contributed by atoms with Gasteiger partial charge >= 0.3 is 0 Å². The van der Waals surface area contributed by atoms with Crippen molar-refractivity contribution in [3.63, 3.8) is 0 Å². The third-order valence-electron chi connectivity index (χ3n) is 3.04. The Balaban J connectivity index is 1.85. The molecule has 2 rings (SSSR count). The van der Waals surface area contributed by atoms with Crippen LogP contribution in [0.1, 0.15) is 27.9 Å². The number of hydrogen-bond acceptors (Lipinski definition) is 4. The maximum Gasteiger partial charge on any atom is 0.191 e. The number of halogens is 1. The lowest BCUT2D eigenvalue weighted by Crippen LogP contribution is -2.22. The molecule has 1 aromatic carbocycles. The molecule has 20 heavy (non-hydrogen) atoms. The molecule has 1 heterocycles. The number of carbonyl (C=O) groups is 1. The minimum atomic E-state index is -0.454. The number of rotatable bonds is 6. The highest BCUT2D eigenvalue weighted by atomic mass is 35.5. The Labute approximate surface area is 127 Å². The molecule has 0 amide bonds. The van der Waals surface area contributed by atoms with Crippen LogP contribution in [0.5, 0.6) is 0 Å². The van der Waals surface area contributed by atoms with Crippen molar-refractivity contribution in [1.29, 1.82) is 0 Å². The standard InChI is InChI=1S/C15H16ClNO2S/c1-10-14(20-9-17-10)7-8-19-11(2)15(18)12-3-5-13(16)6-4-12/h3-6,9,11H,7-8H2,1-2H3. The molecule has 0 spiro atoms. The molecule has 0 aliphatic rings. The van der Waals surface area contributed by atoms with Crippen LogP contribution in [-0.4, -0.2) is 23.5 Å². The minimum absolute atomic E-state index is 0.0253. The normalized spacial score (nSPS) is 12.3. The molecule has 1 atom stereocenters. The molecule has 106 valence electrons. The Hall–Kier alpha value is -1.23. The summed E-state index contributed by atoms with van der Waals surface area (Å²) in [5, 5.41) is 0.621. The summed E-state index contributed by atoms with van der Waals surface area (Å²) in [6, 6.07) is 6.86. The van der Waals surface area contributed by atoms with E-state index in [0.29, 0.717) is 17.2 Å². The molecule has 0 saturated heterocycles. The Morgan fingerprint density at radius 2 is 2.10 bits per heavy atom. The first-order valence-corrected chi connectivity index (χ1v) is 7.64. The van der Waals surface area contributed by atoms with Crippen LogP contribution in [0.4, 0.5) is 0 Å². The third-order valence-corrected chi connectivity index (χ3v) is 4.29. The number of ketones is 1. The van der Waals surface area contributed by atoms with Crippen molar-refractivity contribution in [3.8, 4) is 0 Å². The monoisotopic (exact) mass is 309 g/mol. The molecular formula is C15H16ClNO2S. The van der Waals surface area contributed by atoms with Gasteiger partial charge in [-0.3, -0.25) is 4.79 Å². The Morgan fingerprint density at radius 1 is 1.40 bits per heavy atom. The van der Waals surface area contributed by atoms with Gasteiger partial charge in [0.15, 0.2) is 5.78 Å². The van der Waals surface area contributed by atoms with Crippen molar-refractivity contribution in [2.45, 2.75) is 26.4 Å². The molecule has 1 unspecified atom stereocenters. The van der Waals surface area contributed by atoms with Gasteiger partial charge in [0.1, 0.15) is 6.10 Å². The Bertz CT molecular complexity index is 580. The molecule has 2 aromatic rings. The predicted molar refractivity (Wildman–Crippen MR) is 81.8 cm³/mol. The van der Waals surface area contributed by atoms with Crippen molar-refractivity contribution in [1.82, 2.24) is 4.98 Å². The van der Waals surface area contributed by atoms with Crippen molar-refractivity contribution < 1.29 is 9.53 Å². The molecular weight excluding hydrogens is 294 g/mol. The summed E-state index contributed by atoms with van der Waals surface area (Å²) >= 11 is 7.42. The lowest BCUT2D eigenvalue weighted by Gasteiger charge is -2.12. The second kappa shape index (κ2) is 6.97. The number of benzene rings is 1. The number of carbonyl (C=O) groups excluding carboxylic acids is 1. The molecule has 3 nitrogen and oxygen atoms in total. The van der Waals surface area contributed by atoms with E-state index in [0.717, 1.165) is 12.1 Å². The van der Waals surface area contributed by atoms with E-state index in [2.05, 4.69) is 4.98 Å². The average molecular weight is 310 g/mol. The van der Waals surface area contributed by atoms with Gasteiger partial charge in [-0.2, -0.15) is 0 Å². The first kappa shape index (κ1) is 15.2. The van der Waals surface area contributed by atoms with Gasteiger partial charge in [0.25, 0.3) is 0 Å². The zero-order valence-electron chi connectivity index (χ0n) is 11.4. The SMILES string of the molecule is Cc1ncsc1CCOC(C)C(=O)c1ccc(Cl)cc1. The van der Waals surface area contributed by atoms with Crippen LogP contribution < -0.4 is 0 Å². The second-order valence-corrected chi connectivity index (χ2v) is 5.87. The first-order valence-electron chi connectivity index (χ1n) is 6.38. The van der Waals surface area contributed by atoms with Crippen LogP contribution in [0.3, 0.4) is 0 Å². The molecule has 0 fully saturated rings. The molecule has 0 aliphatic heterocycles. The van der Waals surface area contributed by atoms with Gasteiger partial charge in [-0.25, -0.2) is 4.98 Å². The second-order valence-electron chi connectivity index (χ2n) is 4.50. The fourth-order valence-electron chi connectivity index (χ4n) is 1.82. The van der Waals surface area contributed by atoms with Crippen molar-refractivity contribution >= 4 is 28.7 Å². The minimum Gasteiger partial charge on any atom is -0.370 e. The lowest BCUT2D eigenvalue weighted by molar-refractivity contribution is 0.0488. The number of nitrogens with zero attached hydrogens (tertiary/aromatic N) is 1. The van der Waals surface area contributed by atoms with Gasteiger partial charge in [-0.05, 0) is 38.1 Å². The van der Waals surface area contributed by atoms with E-state index in [1.165, 1.54) is 4.88 Å². The van der Waals surface area contributed by atoms with Crippen LogP contribution in [0.2, 0.25) is 5.02 Å². The van der Waals surface area contributed by atoms with Crippen LogP contribution in [0.15, 0.2) is 29.8 Å². The molecule has 1 aromatic heterocycles. The summed E-state index contributed by atoms with van der Waals surface area (Å²) in [5.74, 6) is -0.0253. The number of thiazole rings is 1. The van der Waals surface area contributed by atoms with E-state index in [1.807, 2.05) is 12.4 Å². The van der Waals surface area contributed by atoms with Crippen LogP contribution >= 0.6 is 22.9 Å². The van der Waals surface area contributed by atoms with Gasteiger partial charge in [-0.15, -0.1) is 11.3 Å². The lowest BCUT2D eigenvalue weighted by atomic mass is 10.1. The smallest absolute Gasteiger partial charge is 0.191 e. The fraction of sp³-hybridized carbons (Fsp3) is 0.333. The van der Waals surface area contributed by atoms with Gasteiger partial charge in [-0.1, -0.05) is 11.6 Å². The third kappa shape index (κ3) is 3.88. The summed E-state index contributed by atoms with van der Waals surface area (Å²) in [6.07, 6.45) is 0.332. The Kier molecular flexibility index (Phi) is 5.29. The predicted octanol–water partition coefficient (Wildman–Crippen LogP) is 3.94. The van der Waals surface area contributed by atoms with E-state index in [4.69, 9.17) is 16.3 Å². The average Bonchev–Trinajstić information content (AvgIpc) is 2.84. The number of ether oxygens (including phenoxy) is 1. The fourth-order valence-corrected chi connectivity index (χ4v) is 2.71. The van der Waals surface area contributed by atoms with E-state index in [-0.39, 0.29) is 5.78 Å².